The molecule has 0 amide bonds. The van der Waals surface area contributed by atoms with Crippen molar-refractivity contribution in [1.82, 2.24) is 19.9 Å². The topological polar surface area (TPSA) is 55.4 Å². The Hall–Kier alpha value is -2.14. The number of aromatic nitrogens is 3. The van der Waals surface area contributed by atoms with Gasteiger partial charge in [-0.25, -0.2) is 0 Å². The lowest BCUT2D eigenvalue weighted by Gasteiger charge is -2.01. The van der Waals surface area contributed by atoms with Crippen LogP contribution in [0.15, 0.2) is 47.2 Å². The lowest BCUT2D eigenvalue weighted by Crippen LogP contribution is -2.17. The van der Waals surface area contributed by atoms with Crippen LogP contribution >= 0.6 is 0 Å². The zero-order chi connectivity index (χ0) is 12.2. The van der Waals surface area contributed by atoms with Crippen LogP contribution in [0.4, 0.5) is 0 Å². The standard InChI is InChI=1S/C13H14N4O/c1-2-8-17-12(5-1)15-16-13(17)6-7-14-10-11-4-3-9-18-11/h1-5,8-9,14H,6-7,10H2. The molecule has 18 heavy (non-hydrogen) atoms. The van der Waals surface area contributed by atoms with Crippen molar-refractivity contribution < 1.29 is 4.42 Å². The van der Waals surface area contributed by atoms with Gasteiger partial charge in [0, 0.05) is 19.2 Å². The molecule has 0 bridgehead atoms. The summed E-state index contributed by atoms with van der Waals surface area (Å²) in [4.78, 5) is 0. The van der Waals surface area contributed by atoms with E-state index in [1.165, 1.54) is 0 Å². The summed E-state index contributed by atoms with van der Waals surface area (Å²) in [5.41, 5.74) is 0.888. The van der Waals surface area contributed by atoms with Crippen LogP contribution in [-0.4, -0.2) is 21.1 Å². The number of pyridine rings is 1. The minimum Gasteiger partial charge on any atom is -0.468 e. The summed E-state index contributed by atoms with van der Waals surface area (Å²) >= 11 is 0. The maximum Gasteiger partial charge on any atom is 0.160 e. The van der Waals surface area contributed by atoms with Crippen LogP contribution in [-0.2, 0) is 13.0 Å². The number of fused-ring (bicyclic) bond motifs is 1. The highest BCUT2D eigenvalue weighted by atomic mass is 16.3. The summed E-state index contributed by atoms with van der Waals surface area (Å²) in [5.74, 6) is 1.92. The second-order valence-corrected chi connectivity index (χ2v) is 4.05. The Labute approximate surface area is 104 Å². The van der Waals surface area contributed by atoms with Crippen molar-refractivity contribution in [2.75, 3.05) is 6.54 Å². The highest BCUT2D eigenvalue weighted by Gasteiger charge is 2.03. The largest absolute Gasteiger partial charge is 0.468 e. The van der Waals surface area contributed by atoms with Gasteiger partial charge in [-0.3, -0.25) is 4.40 Å². The van der Waals surface area contributed by atoms with Gasteiger partial charge in [-0.2, -0.15) is 0 Å². The van der Waals surface area contributed by atoms with Gasteiger partial charge in [0.25, 0.3) is 0 Å². The molecule has 0 radical (unpaired) electrons. The Morgan fingerprint density at radius 2 is 2.17 bits per heavy atom. The summed E-state index contributed by atoms with van der Waals surface area (Å²) in [6, 6.07) is 9.74. The molecular formula is C13H14N4O. The minimum absolute atomic E-state index is 0.740. The van der Waals surface area contributed by atoms with Crippen molar-refractivity contribution in [2.24, 2.45) is 0 Å². The van der Waals surface area contributed by atoms with Crippen LogP contribution in [0.3, 0.4) is 0 Å². The fraction of sp³-hybridized carbons (Fsp3) is 0.231. The van der Waals surface area contributed by atoms with Crippen molar-refractivity contribution in [2.45, 2.75) is 13.0 Å². The van der Waals surface area contributed by atoms with E-state index in [2.05, 4.69) is 15.5 Å². The van der Waals surface area contributed by atoms with Gasteiger partial charge in [-0.15, -0.1) is 10.2 Å². The van der Waals surface area contributed by atoms with E-state index in [4.69, 9.17) is 4.42 Å². The van der Waals surface area contributed by atoms with E-state index in [1.807, 2.05) is 40.9 Å². The van der Waals surface area contributed by atoms with Crippen molar-refractivity contribution in [3.63, 3.8) is 0 Å². The molecule has 0 aromatic carbocycles. The first-order valence-electron chi connectivity index (χ1n) is 5.95. The van der Waals surface area contributed by atoms with Gasteiger partial charge in [0.1, 0.15) is 11.6 Å². The maximum atomic E-state index is 5.25. The number of nitrogens with one attached hydrogen (secondary N) is 1. The van der Waals surface area contributed by atoms with Crippen LogP contribution in [0.5, 0.6) is 0 Å². The maximum absolute atomic E-state index is 5.25. The Kier molecular flexibility index (Phi) is 3.06. The third-order valence-electron chi connectivity index (χ3n) is 2.79. The highest BCUT2D eigenvalue weighted by molar-refractivity contribution is 5.36. The van der Waals surface area contributed by atoms with E-state index < -0.39 is 0 Å². The number of furan rings is 1. The Morgan fingerprint density at radius 1 is 1.17 bits per heavy atom. The molecule has 0 aliphatic rings. The third kappa shape index (κ3) is 2.26. The van der Waals surface area contributed by atoms with Crippen LogP contribution < -0.4 is 5.32 Å². The van der Waals surface area contributed by atoms with Gasteiger partial charge in [0.15, 0.2) is 5.65 Å². The van der Waals surface area contributed by atoms with E-state index in [1.54, 1.807) is 6.26 Å². The Bertz CT molecular complexity index is 615. The van der Waals surface area contributed by atoms with E-state index in [-0.39, 0.29) is 0 Å². The van der Waals surface area contributed by atoms with Crippen molar-refractivity contribution in [3.8, 4) is 0 Å². The number of hydrogen-bond donors (Lipinski definition) is 1. The molecule has 0 aliphatic carbocycles. The molecule has 0 saturated carbocycles. The molecule has 0 unspecified atom stereocenters. The summed E-state index contributed by atoms with van der Waals surface area (Å²) in [7, 11) is 0. The molecule has 3 aromatic rings. The summed E-state index contributed by atoms with van der Waals surface area (Å²) < 4.78 is 7.25. The number of hydrogen-bond acceptors (Lipinski definition) is 4. The minimum atomic E-state index is 0.740. The first-order chi connectivity index (χ1) is 8.93. The summed E-state index contributed by atoms with van der Waals surface area (Å²) in [5, 5.41) is 11.6. The number of rotatable bonds is 5. The molecular weight excluding hydrogens is 228 g/mol. The van der Waals surface area contributed by atoms with Gasteiger partial charge in [0.2, 0.25) is 0 Å². The summed E-state index contributed by atoms with van der Waals surface area (Å²) in [6.45, 7) is 1.58. The van der Waals surface area contributed by atoms with Gasteiger partial charge in [-0.05, 0) is 24.3 Å². The van der Waals surface area contributed by atoms with E-state index in [0.29, 0.717) is 0 Å². The fourth-order valence-corrected chi connectivity index (χ4v) is 1.89. The van der Waals surface area contributed by atoms with Crippen LogP contribution in [0.2, 0.25) is 0 Å². The predicted molar refractivity (Wildman–Crippen MR) is 67.1 cm³/mol. The molecule has 0 spiro atoms. The summed E-state index contributed by atoms with van der Waals surface area (Å²) in [6.07, 6.45) is 4.51. The van der Waals surface area contributed by atoms with Gasteiger partial charge < -0.3 is 9.73 Å². The molecule has 0 saturated heterocycles. The molecule has 92 valence electrons. The number of nitrogens with zero attached hydrogens (tertiary/aromatic N) is 3. The van der Waals surface area contributed by atoms with E-state index in [0.717, 1.165) is 36.7 Å². The zero-order valence-corrected chi connectivity index (χ0v) is 9.91. The van der Waals surface area contributed by atoms with Crippen LogP contribution in [0.1, 0.15) is 11.6 Å². The van der Waals surface area contributed by atoms with E-state index in [9.17, 15) is 0 Å². The predicted octanol–water partition coefficient (Wildman–Crippen LogP) is 1.65. The molecule has 0 fully saturated rings. The highest BCUT2D eigenvalue weighted by Crippen LogP contribution is 2.03. The normalized spacial score (nSPS) is 11.1. The molecule has 0 atom stereocenters. The molecule has 1 N–H and O–H groups in total. The average molecular weight is 242 g/mol. The Morgan fingerprint density at radius 3 is 3.06 bits per heavy atom. The Balaban J connectivity index is 1.57. The van der Waals surface area contributed by atoms with Gasteiger partial charge in [0.05, 0.1) is 12.8 Å². The fourth-order valence-electron chi connectivity index (χ4n) is 1.89. The SMILES string of the molecule is c1coc(CNCCc2nnc3ccccn23)c1. The zero-order valence-electron chi connectivity index (χ0n) is 9.91. The molecule has 5 heteroatoms. The molecule has 3 heterocycles. The third-order valence-corrected chi connectivity index (χ3v) is 2.79. The monoisotopic (exact) mass is 242 g/mol. The smallest absolute Gasteiger partial charge is 0.160 e. The van der Waals surface area contributed by atoms with E-state index >= 15 is 0 Å². The second kappa shape index (κ2) is 5.01. The van der Waals surface area contributed by atoms with Crippen LogP contribution in [0, 0.1) is 0 Å². The molecule has 5 nitrogen and oxygen atoms in total. The first kappa shape index (κ1) is 11.0. The average Bonchev–Trinajstić information content (AvgIpc) is 3.04. The molecule has 3 aromatic heterocycles. The second-order valence-electron chi connectivity index (χ2n) is 4.05. The molecule has 0 aliphatic heterocycles. The first-order valence-corrected chi connectivity index (χ1v) is 5.95. The van der Waals surface area contributed by atoms with Crippen molar-refractivity contribution in [3.05, 3.63) is 54.4 Å². The van der Waals surface area contributed by atoms with Crippen molar-refractivity contribution >= 4 is 5.65 Å². The van der Waals surface area contributed by atoms with Crippen molar-refractivity contribution in [1.29, 1.82) is 0 Å². The van der Waals surface area contributed by atoms with Gasteiger partial charge in [-0.1, -0.05) is 6.07 Å². The van der Waals surface area contributed by atoms with Gasteiger partial charge >= 0.3 is 0 Å². The van der Waals surface area contributed by atoms with Crippen LogP contribution in [0.25, 0.3) is 5.65 Å². The lowest BCUT2D eigenvalue weighted by molar-refractivity contribution is 0.483. The quantitative estimate of drug-likeness (QED) is 0.691. The molecule has 3 rings (SSSR count). The lowest BCUT2D eigenvalue weighted by atomic mass is 10.3.